The van der Waals surface area contributed by atoms with Gasteiger partial charge in [-0.1, -0.05) is 0 Å². The Balaban J connectivity index is 2.04. The third kappa shape index (κ3) is 0.911. The van der Waals surface area contributed by atoms with E-state index in [1.807, 2.05) is 0 Å². The van der Waals surface area contributed by atoms with Gasteiger partial charge in [0.2, 0.25) is 6.04 Å². The van der Waals surface area contributed by atoms with E-state index in [-0.39, 0.29) is 0 Å². The molecule has 2 heterocycles. The van der Waals surface area contributed by atoms with Crippen LogP contribution >= 0.6 is 0 Å². The molecule has 0 saturated carbocycles. The molecule has 0 amide bonds. The maximum Gasteiger partial charge on any atom is 0.226 e. The molecule has 2 bridgehead atoms. The largest absolute Gasteiger partial charge is 0.314 e. The lowest BCUT2D eigenvalue weighted by atomic mass is 10.0. The summed E-state index contributed by atoms with van der Waals surface area (Å²) in [4.78, 5) is 3.60. The van der Waals surface area contributed by atoms with E-state index in [0.717, 1.165) is 12.8 Å². The highest BCUT2D eigenvalue weighted by molar-refractivity contribution is 4.98. The fourth-order valence-corrected chi connectivity index (χ4v) is 2.13. The minimum absolute atomic E-state index is 0.332. The first-order valence-corrected chi connectivity index (χ1v) is 4.01. The third-order valence-corrected chi connectivity index (χ3v) is 2.63. The molecule has 2 atom stereocenters. The van der Waals surface area contributed by atoms with Crippen LogP contribution in [0.5, 0.6) is 0 Å². The Morgan fingerprint density at radius 2 is 1.80 bits per heavy atom. The van der Waals surface area contributed by atoms with Gasteiger partial charge in [-0.05, 0) is 12.8 Å². The minimum Gasteiger partial charge on any atom is -0.314 e. The van der Waals surface area contributed by atoms with Crippen LogP contribution in [0, 0.1) is 6.57 Å². The van der Waals surface area contributed by atoms with Crippen LogP contribution in [0.25, 0.3) is 4.85 Å². The summed E-state index contributed by atoms with van der Waals surface area (Å²) in [6, 6.07) is 1.69. The van der Waals surface area contributed by atoms with Gasteiger partial charge in [-0.2, -0.15) is 0 Å². The maximum atomic E-state index is 6.90. The molecule has 10 heavy (non-hydrogen) atoms. The van der Waals surface area contributed by atoms with E-state index in [0.29, 0.717) is 18.1 Å². The van der Waals surface area contributed by atoms with Gasteiger partial charge in [-0.15, -0.1) is 0 Å². The second-order valence-electron chi connectivity index (χ2n) is 3.39. The number of rotatable bonds is 0. The summed E-state index contributed by atoms with van der Waals surface area (Å²) in [7, 11) is 0. The van der Waals surface area contributed by atoms with Crippen LogP contribution in [-0.2, 0) is 0 Å². The molecule has 1 N–H and O–H groups in total. The van der Waals surface area contributed by atoms with Gasteiger partial charge in [-0.3, -0.25) is 0 Å². The number of nitrogens with zero attached hydrogens (tertiary/aromatic N) is 1. The highest BCUT2D eigenvalue weighted by Gasteiger charge is 2.36. The molecule has 2 aliphatic heterocycles. The number of hydrogen-bond donors (Lipinski definition) is 1. The Hall–Kier alpha value is -0.550. The molecular weight excluding hydrogens is 124 g/mol. The molecule has 0 aromatic carbocycles. The zero-order chi connectivity index (χ0) is 6.97. The summed E-state index contributed by atoms with van der Waals surface area (Å²) in [5.41, 5.74) is 0. The van der Waals surface area contributed by atoms with E-state index in [4.69, 9.17) is 6.57 Å². The second kappa shape index (κ2) is 2.25. The Labute approximate surface area is 61.4 Å². The van der Waals surface area contributed by atoms with Crippen molar-refractivity contribution in [3.63, 3.8) is 0 Å². The first kappa shape index (κ1) is 6.18. The lowest BCUT2D eigenvalue weighted by molar-refractivity contribution is 0.390. The van der Waals surface area contributed by atoms with E-state index in [9.17, 15) is 0 Å². The summed E-state index contributed by atoms with van der Waals surface area (Å²) in [6.45, 7) is 6.90. The molecule has 2 aliphatic rings. The normalized spacial score (nSPS) is 44.9. The SMILES string of the molecule is [C-]#[N+]C1CC2CCC(C1)N2. The second-order valence-corrected chi connectivity index (χ2v) is 3.39. The van der Waals surface area contributed by atoms with E-state index in [2.05, 4.69) is 10.2 Å². The molecule has 0 spiro atoms. The topological polar surface area (TPSA) is 16.4 Å². The average molecular weight is 136 g/mol. The highest BCUT2D eigenvalue weighted by atomic mass is 15.0. The molecule has 0 radical (unpaired) electrons. The quantitative estimate of drug-likeness (QED) is 0.495. The fourth-order valence-electron chi connectivity index (χ4n) is 2.13. The maximum absolute atomic E-state index is 6.90. The van der Waals surface area contributed by atoms with Gasteiger partial charge in [0.15, 0.2) is 0 Å². The van der Waals surface area contributed by atoms with Crippen molar-refractivity contribution >= 4 is 0 Å². The number of fused-ring (bicyclic) bond motifs is 2. The van der Waals surface area contributed by atoms with Crippen molar-refractivity contribution in [1.82, 2.24) is 5.32 Å². The Kier molecular flexibility index (Phi) is 1.39. The van der Waals surface area contributed by atoms with Gasteiger partial charge in [-0.25, -0.2) is 6.57 Å². The van der Waals surface area contributed by atoms with Crippen LogP contribution in [0.3, 0.4) is 0 Å². The van der Waals surface area contributed by atoms with Crippen LogP contribution in [-0.4, -0.2) is 18.1 Å². The van der Waals surface area contributed by atoms with Gasteiger partial charge in [0, 0.05) is 24.9 Å². The molecule has 2 heteroatoms. The van der Waals surface area contributed by atoms with Gasteiger partial charge >= 0.3 is 0 Å². The average Bonchev–Trinajstić information content (AvgIpc) is 2.30. The van der Waals surface area contributed by atoms with Crippen molar-refractivity contribution in [2.24, 2.45) is 0 Å². The highest BCUT2D eigenvalue weighted by Crippen LogP contribution is 2.28. The molecule has 2 rings (SSSR count). The lowest BCUT2D eigenvalue weighted by Crippen LogP contribution is -2.39. The van der Waals surface area contributed by atoms with Crippen molar-refractivity contribution in [2.45, 2.75) is 43.8 Å². The van der Waals surface area contributed by atoms with Crippen LogP contribution in [0.2, 0.25) is 0 Å². The lowest BCUT2D eigenvalue weighted by Gasteiger charge is -2.21. The molecule has 2 fully saturated rings. The molecule has 2 saturated heterocycles. The van der Waals surface area contributed by atoms with Gasteiger partial charge < -0.3 is 10.2 Å². The van der Waals surface area contributed by atoms with Crippen molar-refractivity contribution in [3.8, 4) is 0 Å². The molecule has 2 unspecified atom stereocenters. The van der Waals surface area contributed by atoms with Crippen molar-refractivity contribution in [3.05, 3.63) is 11.4 Å². The van der Waals surface area contributed by atoms with Crippen molar-refractivity contribution < 1.29 is 0 Å². The van der Waals surface area contributed by atoms with Crippen molar-refractivity contribution in [1.29, 1.82) is 0 Å². The zero-order valence-corrected chi connectivity index (χ0v) is 6.01. The first-order valence-electron chi connectivity index (χ1n) is 4.01. The fraction of sp³-hybridized carbons (Fsp3) is 0.875. The van der Waals surface area contributed by atoms with Crippen LogP contribution in [0.4, 0.5) is 0 Å². The van der Waals surface area contributed by atoms with E-state index >= 15 is 0 Å². The molecular formula is C8H12N2. The van der Waals surface area contributed by atoms with Crippen LogP contribution in [0.1, 0.15) is 25.7 Å². The Bertz CT molecular complexity index is 159. The Morgan fingerprint density at radius 1 is 1.20 bits per heavy atom. The standard InChI is InChI=1S/C8H12N2/c1-9-8-4-6-2-3-7(5-8)10-6/h6-8,10H,2-5H2. The predicted octanol–water partition coefficient (Wildman–Crippen LogP) is 1.19. The smallest absolute Gasteiger partial charge is 0.226 e. The Morgan fingerprint density at radius 3 is 2.30 bits per heavy atom. The molecule has 2 nitrogen and oxygen atoms in total. The molecule has 54 valence electrons. The van der Waals surface area contributed by atoms with Crippen molar-refractivity contribution in [2.75, 3.05) is 0 Å². The molecule has 0 aromatic heterocycles. The summed E-state index contributed by atoms with van der Waals surface area (Å²) in [5, 5.41) is 3.51. The summed E-state index contributed by atoms with van der Waals surface area (Å²) < 4.78 is 0. The number of nitrogens with one attached hydrogen (secondary N) is 1. The summed E-state index contributed by atoms with van der Waals surface area (Å²) >= 11 is 0. The van der Waals surface area contributed by atoms with Gasteiger partial charge in [0.25, 0.3) is 0 Å². The number of hydrogen-bond acceptors (Lipinski definition) is 1. The first-order chi connectivity index (χ1) is 4.88. The molecule has 0 aliphatic carbocycles. The summed E-state index contributed by atoms with van der Waals surface area (Å²) in [5.74, 6) is 0. The zero-order valence-electron chi connectivity index (χ0n) is 6.01. The van der Waals surface area contributed by atoms with Crippen LogP contribution in [0.15, 0.2) is 0 Å². The van der Waals surface area contributed by atoms with Crippen LogP contribution < -0.4 is 5.32 Å². The van der Waals surface area contributed by atoms with Gasteiger partial charge in [0.1, 0.15) is 0 Å². The third-order valence-electron chi connectivity index (χ3n) is 2.63. The minimum atomic E-state index is 0.332. The van der Waals surface area contributed by atoms with E-state index in [1.54, 1.807) is 0 Å². The molecule has 0 aromatic rings. The predicted molar refractivity (Wildman–Crippen MR) is 39.6 cm³/mol. The van der Waals surface area contributed by atoms with E-state index in [1.165, 1.54) is 12.8 Å². The van der Waals surface area contributed by atoms with E-state index < -0.39 is 0 Å². The summed E-state index contributed by atoms with van der Waals surface area (Å²) in [6.07, 6.45) is 4.80. The number of piperidine rings is 1. The van der Waals surface area contributed by atoms with Gasteiger partial charge in [0.05, 0.1) is 0 Å². The monoisotopic (exact) mass is 136 g/mol.